The van der Waals surface area contributed by atoms with Crippen LogP contribution in [0.2, 0.25) is 0 Å². The van der Waals surface area contributed by atoms with Gasteiger partial charge in [0.05, 0.1) is 19.3 Å². The molecule has 0 spiro atoms. The van der Waals surface area contributed by atoms with Crippen molar-refractivity contribution in [3.63, 3.8) is 0 Å². The van der Waals surface area contributed by atoms with Crippen molar-refractivity contribution in [2.45, 2.75) is 37.6 Å². The van der Waals surface area contributed by atoms with E-state index in [4.69, 9.17) is 10.5 Å². The minimum Gasteiger partial charge on any atom is -0.383 e. The van der Waals surface area contributed by atoms with Gasteiger partial charge in [-0.3, -0.25) is 0 Å². The third kappa shape index (κ3) is 3.16. The average molecular weight is 316 g/mol. The van der Waals surface area contributed by atoms with Crippen LogP contribution in [0.1, 0.15) is 32.7 Å². The number of hydrogen-bond donors (Lipinski definition) is 1. The molecule has 0 saturated carbocycles. The van der Waals surface area contributed by atoms with Crippen LogP contribution in [0.5, 0.6) is 0 Å². The van der Waals surface area contributed by atoms with Crippen molar-refractivity contribution >= 4 is 21.5 Å². The first kappa shape index (κ1) is 16.1. The Morgan fingerprint density at radius 1 is 1.29 bits per heavy atom. The van der Waals surface area contributed by atoms with E-state index in [-0.39, 0.29) is 16.8 Å². The number of sulfone groups is 1. The third-order valence-corrected chi connectivity index (χ3v) is 4.99. The Morgan fingerprint density at radius 2 is 1.86 bits per heavy atom. The average Bonchev–Trinajstić information content (AvgIpc) is 2.79. The summed E-state index contributed by atoms with van der Waals surface area (Å²) in [7, 11) is -3.43. The lowest BCUT2D eigenvalue weighted by Gasteiger charge is -2.27. The maximum Gasteiger partial charge on any atom is 0.182 e. The number of rotatable bonds is 5. The third-order valence-electron chi connectivity index (χ3n) is 3.85. The van der Waals surface area contributed by atoms with E-state index in [0.29, 0.717) is 32.1 Å². The van der Waals surface area contributed by atoms with Crippen molar-refractivity contribution in [2.24, 2.45) is 0 Å². The molecule has 2 N–H and O–H groups in total. The van der Waals surface area contributed by atoms with Crippen LogP contribution in [-0.2, 0) is 14.6 Å². The highest BCUT2D eigenvalue weighted by Crippen LogP contribution is 2.33. The maximum absolute atomic E-state index is 12.1. The van der Waals surface area contributed by atoms with Gasteiger partial charge in [-0.25, -0.2) is 13.1 Å². The van der Waals surface area contributed by atoms with Crippen molar-refractivity contribution < 1.29 is 13.2 Å². The molecule has 0 radical (unpaired) electrons. The van der Waals surface area contributed by atoms with Gasteiger partial charge < -0.3 is 15.4 Å². The number of hydrogen-bond acceptors (Lipinski definition) is 6. The van der Waals surface area contributed by atoms with Crippen molar-refractivity contribution in [1.82, 2.24) is 9.78 Å². The molecular weight excluding hydrogens is 292 g/mol. The van der Waals surface area contributed by atoms with Gasteiger partial charge in [-0.1, -0.05) is 13.8 Å². The summed E-state index contributed by atoms with van der Waals surface area (Å²) in [6, 6.07) is 0.111. The molecule has 0 bridgehead atoms. The van der Waals surface area contributed by atoms with Gasteiger partial charge in [-0.05, 0) is 12.8 Å². The van der Waals surface area contributed by atoms with Gasteiger partial charge in [0.25, 0.3) is 0 Å². The van der Waals surface area contributed by atoms with Crippen LogP contribution in [0, 0.1) is 0 Å². The van der Waals surface area contributed by atoms with E-state index in [0.717, 1.165) is 12.8 Å². The van der Waals surface area contributed by atoms with E-state index in [9.17, 15) is 8.42 Å². The first-order valence-corrected chi connectivity index (χ1v) is 9.20. The zero-order chi connectivity index (χ0) is 15.6. The van der Waals surface area contributed by atoms with Gasteiger partial charge in [0.2, 0.25) is 0 Å². The summed E-state index contributed by atoms with van der Waals surface area (Å²) in [5, 5.41) is 4.52. The van der Waals surface area contributed by atoms with Gasteiger partial charge in [-0.15, -0.1) is 0 Å². The predicted molar refractivity (Wildman–Crippen MR) is 82.4 cm³/mol. The molecule has 1 aromatic rings. The van der Waals surface area contributed by atoms with E-state index < -0.39 is 9.84 Å². The van der Waals surface area contributed by atoms with Crippen LogP contribution >= 0.6 is 0 Å². The van der Waals surface area contributed by atoms with E-state index in [1.807, 2.05) is 18.7 Å². The fourth-order valence-electron chi connectivity index (χ4n) is 2.67. The van der Waals surface area contributed by atoms with E-state index in [2.05, 4.69) is 5.10 Å². The minimum absolute atomic E-state index is 0.111. The number of nitrogens with zero attached hydrogens (tertiary/aromatic N) is 3. The first-order valence-electron chi connectivity index (χ1n) is 7.30. The van der Waals surface area contributed by atoms with Crippen LogP contribution in [0.4, 0.5) is 11.6 Å². The molecule has 1 aromatic heterocycles. The summed E-state index contributed by atoms with van der Waals surface area (Å²) in [6.07, 6.45) is 2.89. The molecule has 2 rings (SSSR count). The predicted octanol–water partition coefficient (Wildman–Crippen LogP) is 1.07. The molecule has 21 heavy (non-hydrogen) atoms. The summed E-state index contributed by atoms with van der Waals surface area (Å²) in [5.41, 5.74) is 6.11. The molecule has 0 amide bonds. The minimum atomic E-state index is -3.43. The Balaban J connectivity index is 2.54. The topological polar surface area (TPSA) is 90.5 Å². The maximum atomic E-state index is 12.1. The zero-order valence-electron chi connectivity index (χ0n) is 12.9. The van der Waals surface area contributed by atoms with Crippen molar-refractivity contribution in [1.29, 1.82) is 0 Å². The molecule has 0 aromatic carbocycles. The van der Waals surface area contributed by atoms with Crippen LogP contribution in [0.15, 0.2) is 4.90 Å². The highest BCUT2D eigenvalue weighted by molar-refractivity contribution is 7.91. The lowest BCUT2D eigenvalue weighted by atomic mass is 10.2. The van der Waals surface area contributed by atoms with Gasteiger partial charge in [-0.2, -0.15) is 5.10 Å². The monoisotopic (exact) mass is 316 g/mol. The second kappa shape index (κ2) is 6.23. The van der Waals surface area contributed by atoms with Crippen molar-refractivity contribution in [3.8, 4) is 0 Å². The Hall–Kier alpha value is -1.28. The molecular formula is C13H24N4O3S. The molecule has 1 aliphatic rings. The standard InChI is InChI=1S/C13H24N4O3S/c1-4-10(5-2)17-12(14)11(21(3,18)19)13(15-17)16-6-8-20-9-7-16/h10H,4-9,14H2,1-3H3. The Kier molecular flexibility index (Phi) is 4.77. The SMILES string of the molecule is CCC(CC)n1nc(N2CCOCC2)c(S(C)(=O)=O)c1N. The molecule has 1 aliphatic heterocycles. The largest absolute Gasteiger partial charge is 0.383 e. The molecule has 7 nitrogen and oxygen atoms in total. The molecule has 8 heteroatoms. The Labute approximate surface area is 126 Å². The Bertz CT molecular complexity index is 587. The smallest absolute Gasteiger partial charge is 0.182 e. The fraction of sp³-hybridized carbons (Fsp3) is 0.769. The summed E-state index contributed by atoms with van der Waals surface area (Å²) in [6.45, 7) is 6.49. The highest BCUT2D eigenvalue weighted by Gasteiger charge is 2.30. The quantitative estimate of drug-likeness (QED) is 0.874. The molecule has 0 unspecified atom stereocenters. The molecule has 1 saturated heterocycles. The molecule has 0 aliphatic carbocycles. The number of nitrogen functional groups attached to an aromatic ring is 1. The van der Waals surface area contributed by atoms with Crippen molar-refractivity contribution in [3.05, 3.63) is 0 Å². The number of ether oxygens (including phenoxy) is 1. The lowest BCUT2D eigenvalue weighted by Crippen LogP contribution is -2.37. The number of aromatic nitrogens is 2. The Morgan fingerprint density at radius 3 is 2.33 bits per heavy atom. The number of nitrogens with two attached hydrogens (primary N) is 1. The molecule has 1 fully saturated rings. The van der Waals surface area contributed by atoms with Crippen LogP contribution in [0.3, 0.4) is 0 Å². The van der Waals surface area contributed by atoms with Gasteiger partial charge in [0.15, 0.2) is 20.6 Å². The van der Waals surface area contributed by atoms with Crippen molar-refractivity contribution in [2.75, 3.05) is 43.2 Å². The summed E-state index contributed by atoms with van der Waals surface area (Å²) in [4.78, 5) is 2.09. The van der Waals surface area contributed by atoms with Gasteiger partial charge in [0.1, 0.15) is 5.82 Å². The second-order valence-electron chi connectivity index (χ2n) is 5.32. The molecule has 2 heterocycles. The van der Waals surface area contributed by atoms with Crippen LogP contribution in [0.25, 0.3) is 0 Å². The lowest BCUT2D eigenvalue weighted by molar-refractivity contribution is 0.122. The normalized spacial score (nSPS) is 16.7. The summed E-state index contributed by atoms with van der Waals surface area (Å²) >= 11 is 0. The first-order chi connectivity index (χ1) is 9.90. The fourth-order valence-corrected chi connectivity index (χ4v) is 3.65. The summed E-state index contributed by atoms with van der Waals surface area (Å²) in [5.74, 6) is 0.706. The zero-order valence-corrected chi connectivity index (χ0v) is 13.7. The second-order valence-corrected chi connectivity index (χ2v) is 7.28. The van der Waals surface area contributed by atoms with Crippen LogP contribution in [-0.4, -0.2) is 50.8 Å². The summed E-state index contributed by atoms with van der Waals surface area (Å²) < 4.78 is 31.3. The van der Waals surface area contributed by atoms with E-state index in [1.54, 1.807) is 4.68 Å². The molecule has 120 valence electrons. The number of morpholine rings is 1. The van der Waals surface area contributed by atoms with Crippen LogP contribution < -0.4 is 10.6 Å². The molecule has 0 atom stereocenters. The van der Waals surface area contributed by atoms with E-state index >= 15 is 0 Å². The van der Waals surface area contributed by atoms with Gasteiger partial charge in [0, 0.05) is 19.3 Å². The van der Waals surface area contributed by atoms with E-state index in [1.165, 1.54) is 6.26 Å². The number of anilines is 2. The highest BCUT2D eigenvalue weighted by atomic mass is 32.2. The van der Waals surface area contributed by atoms with Gasteiger partial charge >= 0.3 is 0 Å².